The zero-order chi connectivity index (χ0) is 18.2. The average Bonchev–Trinajstić information content (AvgIpc) is 2.68. The number of hydrogen-bond donors (Lipinski definition) is 1. The van der Waals surface area contributed by atoms with Crippen LogP contribution < -0.4 is 0 Å². The number of ketones is 1. The van der Waals surface area contributed by atoms with E-state index >= 15 is 0 Å². The number of halogens is 7. The van der Waals surface area contributed by atoms with E-state index in [1.165, 1.54) is 6.92 Å². The second-order valence-electron chi connectivity index (χ2n) is 6.88. The Hall–Kier alpha value is -1.28. The highest BCUT2D eigenvalue weighted by Gasteiger charge is 2.76. The molecule has 2 unspecified atom stereocenters. The van der Waals surface area contributed by atoms with Crippen molar-refractivity contribution in [2.24, 2.45) is 16.7 Å². The molecule has 9 heteroatoms. The van der Waals surface area contributed by atoms with Crippen molar-refractivity contribution in [1.82, 2.24) is 0 Å². The lowest BCUT2D eigenvalue weighted by Crippen LogP contribution is -2.53. The molecule has 1 N–H and O–H groups in total. The first-order valence-electron chi connectivity index (χ1n) is 6.84. The number of allylic oxidation sites excluding steroid dienone is 2. The van der Waals surface area contributed by atoms with Gasteiger partial charge in [-0.15, -0.1) is 0 Å². The summed E-state index contributed by atoms with van der Waals surface area (Å²) >= 11 is 0. The fraction of sp³-hybridized carbons (Fsp3) is 0.786. The Morgan fingerprint density at radius 3 is 1.91 bits per heavy atom. The van der Waals surface area contributed by atoms with Gasteiger partial charge in [0.05, 0.1) is 0 Å². The van der Waals surface area contributed by atoms with Gasteiger partial charge in [0, 0.05) is 11.0 Å². The van der Waals surface area contributed by atoms with E-state index in [1.54, 1.807) is 13.8 Å². The summed E-state index contributed by atoms with van der Waals surface area (Å²) < 4.78 is 90.3. The van der Waals surface area contributed by atoms with E-state index < -0.39 is 51.9 Å². The number of hydrogen-bond acceptors (Lipinski definition) is 2. The van der Waals surface area contributed by atoms with E-state index in [0.717, 1.165) is 0 Å². The maximum absolute atomic E-state index is 13.7. The van der Waals surface area contributed by atoms with Crippen molar-refractivity contribution in [3.63, 3.8) is 0 Å². The second-order valence-corrected chi connectivity index (χ2v) is 6.88. The van der Waals surface area contributed by atoms with E-state index in [1.807, 2.05) is 0 Å². The van der Waals surface area contributed by atoms with Crippen LogP contribution in [0.2, 0.25) is 0 Å². The molecule has 0 aromatic carbocycles. The predicted molar refractivity (Wildman–Crippen MR) is 65.2 cm³/mol. The third-order valence-electron chi connectivity index (χ3n) is 5.62. The monoisotopic (exact) mass is 348 g/mol. The molecule has 0 amide bonds. The highest BCUT2D eigenvalue weighted by molar-refractivity contribution is 6.05. The zero-order valence-corrected chi connectivity index (χ0v) is 12.5. The predicted octanol–water partition coefficient (Wildman–Crippen LogP) is 4.66. The van der Waals surface area contributed by atoms with Crippen molar-refractivity contribution in [2.45, 2.75) is 51.6 Å². The molecule has 0 heterocycles. The maximum atomic E-state index is 13.7. The quantitative estimate of drug-likeness (QED) is 0.448. The molecular weight excluding hydrogens is 333 g/mol. The molecule has 2 aliphatic rings. The average molecular weight is 348 g/mol. The molecule has 2 bridgehead atoms. The lowest BCUT2D eigenvalue weighted by molar-refractivity contribution is -0.349. The lowest BCUT2D eigenvalue weighted by atomic mass is 9.70. The smallest absolute Gasteiger partial charge is 0.460 e. The summed E-state index contributed by atoms with van der Waals surface area (Å²) in [5.41, 5.74) is -3.10. The van der Waals surface area contributed by atoms with Gasteiger partial charge in [-0.2, -0.15) is 30.7 Å². The van der Waals surface area contributed by atoms with Gasteiger partial charge in [-0.1, -0.05) is 20.8 Å². The van der Waals surface area contributed by atoms with Crippen LogP contribution in [0.15, 0.2) is 11.3 Å². The van der Waals surface area contributed by atoms with Crippen LogP contribution in [0, 0.1) is 16.7 Å². The Bertz CT molecular complexity index is 588. The highest BCUT2D eigenvalue weighted by Crippen LogP contribution is 2.67. The Morgan fingerprint density at radius 2 is 1.57 bits per heavy atom. The van der Waals surface area contributed by atoms with Gasteiger partial charge in [0.25, 0.3) is 0 Å². The molecule has 132 valence electrons. The minimum Gasteiger partial charge on any atom is -0.506 e. The summed E-state index contributed by atoms with van der Waals surface area (Å²) in [6.07, 6.45) is -6.12. The zero-order valence-electron chi connectivity index (χ0n) is 12.5. The number of rotatable bonds is 2. The molecule has 0 spiro atoms. The van der Waals surface area contributed by atoms with Gasteiger partial charge in [-0.25, -0.2) is 0 Å². The van der Waals surface area contributed by atoms with Crippen LogP contribution in [-0.4, -0.2) is 28.9 Å². The molecule has 0 radical (unpaired) electrons. The van der Waals surface area contributed by atoms with Crippen molar-refractivity contribution >= 4 is 5.78 Å². The van der Waals surface area contributed by atoms with Gasteiger partial charge in [-0.3, -0.25) is 4.79 Å². The van der Waals surface area contributed by atoms with Gasteiger partial charge in [0.2, 0.25) is 0 Å². The standard InChI is InChI=1S/C14H15F7O2/c1-10(2)6-4-5-11(10,3)8(22)7(6)9(23)12(15,16)13(17,18)14(19,20)21/h6,23H,4-5H2,1-3H3. The van der Waals surface area contributed by atoms with E-state index in [9.17, 15) is 40.6 Å². The molecule has 2 aliphatic carbocycles. The van der Waals surface area contributed by atoms with Crippen LogP contribution >= 0.6 is 0 Å². The second kappa shape index (κ2) is 4.42. The Balaban J connectivity index is 2.62. The van der Waals surface area contributed by atoms with E-state index in [4.69, 9.17) is 0 Å². The topological polar surface area (TPSA) is 37.3 Å². The molecular formula is C14H15F7O2. The van der Waals surface area contributed by atoms with Crippen LogP contribution in [-0.2, 0) is 4.79 Å². The number of Topliss-reactive ketones (excluding diaryl/α,β-unsaturated/α-hetero) is 1. The van der Waals surface area contributed by atoms with Crippen molar-refractivity contribution in [2.75, 3.05) is 0 Å². The Kier molecular flexibility index (Phi) is 3.47. The number of carbonyl (C=O) groups is 1. The van der Waals surface area contributed by atoms with Crippen LogP contribution in [0.1, 0.15) is 33.6 Å². The summed E-state index contributed by atoms with van der Waals surface area (Å²) in [5.74, 6) is -16.8. The number of aliphatic hydroxyl groups excluding tert-OH is 1. The van der Waals surface area contributed by atoms with Crippen molar-refractivity contribution in [1.29, 1.82) is 0 Å². The number of carbonyl (C=O) groups excluding carboxylic acids is 1. The molecule has 2 nitrogen and oxygen atoms in total. The molecule has 2 saturated carbocycles. The number of fused-ring (bicyclic) bond motifs is 2. The molecule has 0 aromatic heterocycles. The highest BCUT2D eigenvalue weighted by atomic mass is 19.4. The largest absolute Gasteiger partial charge is 0.506 e. The SMILES string of the molecule is CC12CCC(C(=C(O)C(F)(F)C(F)(F)C(F)(F)F)C1=O)C2(C)C. The van der Waals surface area contributed by atoms with E-state index in [0.29, 0.717) is 6.42 Å². The molecule has 2 atom stereocenters. The minimum atomic E-state index is -6.56. The lowest BCUT2D eigenvalue weighted by Gasteiger charge is -2.31. The van der Waals surface area contributed by atoms with Gasteiger partial charge in [0.1, 0.15) is 0 Å². The summed E-state index contributed by atoms with van der Waals surface area (Å²) in [6, 6.07) is 0. The van der Waals surface area contributed by atoms with E-state index in [-0.39, 0.29) is 6.42 Å². The van der Waals surface area contributed by atoms with Crippen molar-refractivity contribution in [3.8, 4) is 0 Å². The van der Waals surface area contributed by atoms with Crippen LogP contribution in [0.5, 0.6) is 0 Å². The fourth-order valence-electron chi connectivity index (χ4n) is 3.64. The van der Waals surface area contributed by atoms with Gasteiger partial charge in [0.15, 0.2) is 11.5 Å². The van der Waals surface area contributed by atoms with Crippen LogP contribution in [0.3, 0.4) is 0 Å². The normalized spacial score (nSPS) is 33.3. The van der Waals surface area contributed by atoms with Gasteiger partial charge < -0.3 is 5.11 Å². The number of alkyl halides is 7. The molecule has 0 aliphatic heterocycles. The molecule has 0 aromatic rings. The molecule has 0 saturated heterocycles. The molecule has 2 rings (SSSR count). The number of aliphatic hydroxyl groups is 1. The summed E-state index contributed by atoms with van der Waals surface area (Å²) in [6.45, 7) is 4.53. The maximum Gasteiger partial charge on any atom is 0.460 e. The fourth-order valence-corrected chi connectivity index (χ4v) is 3.64. The molecule has 23 heavy (non-hydrogen) atoms. The first-order chi connectivity index (χ1) is 10.0. The summed E-state index contributed by atoms with van der Waals surface area (Å²) in [7, 11) is 0. The third-order valence-corrected chi connectivity index (χ3v) is 5.62. The third kappa shape index (κ3) is 1.91. The van der Waals surface area contributed by atoms with Gasteiger partial charge in [-0.05, 0) is 24.2 Å². The first kappa shape index (κ1) is 18.1. The minimum absolute atomic E-state index is 0.155. The van der Waals surface area contributed by atoms with E-state index in [2.05, 4.69) is 0 Å². The first-order valence-corrected chi connectivity index (χ1v) is 6.84. The van der Waals surface area contributed by atoms with Gasteiger partial charge >= 0.3 is 18.0 Å². The Labute approximate surface area is 127 Å². The van der Waals surface area contributed by atoms with Crippen LogP contribution in [0.4, 0.5) is 30.7 Å². The van der Waals surface area contributed by atoms with Crippen LogP contribution in [0.25, 0.3) is 0 Å². The summed E-state index contributed by atoms with van der Waals surface area (Å²) in [4.78, 5) is 12.3. The summed E-state index contributed by atoms with van der Waals surface area (Å²) in [5, 5.41) is 9.54. The van der Waals surface area contributed by atoms with Crippen molar-refractivity contribution < 1.29 is 40.6 Å². The van der Waals surface area contributed by atoms with Crippen molar-refractivity contribution in [3.05, 3.63) is 11.3 Å². The molecule has 2 fully saturated rings. The Morgan fingerprint density at radius 1 is 1.09 bits per heavy atom.